The second kappa shape index (κ2) is 10.6. The quantitative estimate of drug-likeness (QED) is 0.409. The van der Waals surface area contributed by atoms with Crippen molar-refractivity contribution in [3.8, 4) is 0 Å². The molecule has 0 aliphatic rings. The van der Waals surface area contributed by atoms with Gasteiger partial charge < -0.3 is 0 Å². The Kier molecular flexibility index (Phi) is 8.40. The molecule has 0 aliphatic carbocycles. The minimum atomic E-state index is 0.0250. The Bertz CT molecular complexity index is 479. The summed E-state index contributed by atoms with van der Waals surface area (Å²) in [7, 11) is 0.0250. The molecule has 0 aromatic heterocycles. The van der Waals surface area contributed by atoms with Crippen molar-refractivity contribution >= 4 is 7.92 Å². The molecule has 0 nitrogen and oxygen atoms in total. The molecule has 0 saturated carbocycles. The number of hydrogen-bond donors (Lipinski definition) is 0. The molecular formula is C22H31P. The highest BCUT2D eigenvalue weighted by Crippen LogP contribution is 2.46. The van der Waals surface area contributed by atoms with E-state index < -0.39 is 0 Å². The molecule has 0 spiro atoms. The van der Waals surface area contributed by atoms with Crippen LogP contribution in [0.15, 0.2) is 60.7 Å². The van der Waals surface area contributed by atoms with E-state index >= 15 is 0 Å². The third-order valence-corrected chi connectivity index (χ3v) is 7.22. The van der Waals surface area contributed by atoms with Crippen LogP contribution in [0.4, 0.5) is 0 Å². The molecule has 124 valence electrons. The van der Waals surface area contributed by atoms with Gasteiger partial charge in [0.25, 0.3) is 0 Å². The normalized spacial score (nSPS) is 12.5. The van der Waals surface area contributed by atoms with Gasteiger partial charge in [-0.3, -0.25) is 0 Å². The van der Waals surface area contributed by atoms with E-state index in [4.69, 9.17) is 0 Å². The molecule has 0 fully saturated rings. The van der Waals surface area contributed by atoms with Crippen LogP contribution in [0.2, 0.25) is 0 Å². The third-order valence-electron chi connectivity index (χ3n) is 4.56. The van der Waals surface area contributed by atoms with Crippen molar-refractivity contribution in [2.24, 2.45) is 5.92 Å². The van der Waals surface area contributed by atoms with Crippen LogP contribution in [0.25, 0.3) is 0 Å². The molecule has 0 amide bonds. The average molecular weight is 326 g/mol. The Balaban J connectivity index is 2.03. The van der Waals surface area contributed by atoms with Crippen LogP contribution in [-0.2, 0) is 12.3 Å². The molecule has 0 bridgehead atoms. The van der Waals surface area contributed by atoms with Gasteiger partial charge in [-0.15, -0.1) is 0 Å². The Morgan fingerprint density at radius 3 is 1.74 bits per heavy atom. The summed E-state index contributed by atoms with van der Waals surface area (Å²) in [5.74, 6) is 0.911. The fourth-order valence-electron chi connectivity index (χ4n) is 3.15. The predicted octanol–water partition coefficient (Wildman–Crippen LogP) is 7.09. The van der Waals surface area contributed by atoms with Gasteiger partial charge in [0.2, 0.25) is 0 Å². The maximum Gasteiger partial charge on any atom is -0.00700 e. The lowest BCUT2D eigenvalue weighted by Gasteiger charge is -2.24. The molecular weight excluding hydrogens is 295 g/mol. The van der Waals surface area contributed by atoms with E-state index in [0.717, 1.165) is 5.92 Å². The van der Waals surface area contributed by atoms with Crippen molar-refractivity contribution in [2.75, 3.05) is 6.16 Å². The lowest BCUT2D eigenvalue weighted by molar-refractivity contribution is 0.496. The number of unbranched alkanes of at least 4 members (excludes halogenated alkanes) is 1. The smallest absolute Gasteiger partial charge is 0.00700 e. The molecule has 23 heavy (non-hydrogen) atoms. The highest BCUT2D eigenvalue weighted by atomic mass is 31.1. The lowest BCUT2D eigenvalue weighted by Crippen LogP contribution is -2.06. The molecule has 2 rings (SSSR count). The largest absolute Gasteiger partial charge is 0.0975 e. The summed E-state index contributed by atoms with van der Waals surface area (Å²) in [5.41, 5.74) is 3.03. The van der Waals surface area contributed by atoms with Gasteiger partial charge in [-0.25, -0.2) is 0 Å². The summed E-state index contributed by atoms with van der Waals surface area (Å²) < 4.78 is 0. The molecule has 2 aromatic rings. The first-order valence-electron chi connectivity index (χ1n) is 9.12. The fourth-order valence-corrected chi connectivity index (χ4v) is 6.15. The van der Waals surface area contributed by atoms with Gasteiger partial charge in [-0.2, -0.15) is 0 Å². The third kappa shape index (κ3) is 6.88. The molecule has 1 unspecified atom stereocenters. The Hall–Kier alpha value is -1.13. The summed E-state index contributed by atoms with van der Waals surface area (Å²) in [6, 6.07) is 22.2. The van der Waals surface area contributed by atoms with Crippen molar-refractivity contribution in [1.29, 1.82) is 0 Å². The molecule has 0 heterocycles. The minimum absolute atomic E-state index is 0.0250. The topological polar surface area (TPSA) is 0 Å². The van der Waals surface area contributed by atoms with Crippen LogP contribution in [0.1, 0.15) is 50.7 Å². The highest BCUT2D eigenvalue weighted by molar-refractivity contribution is 7.56. The van der Waals surface area contributed by atoms with Crippen LogP contribution in [0.3, 0.4) is 0 Å². The van der Waals surface area contributed by atoms with Crippen molar-refractivity contribution < 1.29 is 0 Å². The molecule has 1 heteroatoms. The van der Waals surface area contributed by atoms with Crippen LogP contribution in [0, 0.1) is 5.92 Å². The van der Waals surface area contributed by atoms with Crippen LogP contribution in [-0.4, -0.2) is 6.16 Å². The van der Waals surface area contributed by atoms with E-state index in [0.29, 0.717) is 0 Å². The van der Waals surface area contributed by atoms with Crippen molar-refractivity contribution in [1.82, 2.24) is 0 Å². The summed E-state index contributed by atoms with van der Waals surface area (Å²) in [4.78, 5) is 0. The summed E-state index contributed by atoms with van der Waals surface area (Å²) in [6.07, 6.45) is 9.43. The van der Waals surface area contributed by atoms with Gasteiger partial charge in [-0.05, 0) is 35.5 Å². The average Bonchev–Trinajstić information content (AvgIpc) is 2.60. The number of rotatable bonds is 10. The van der Waals surface area contributed by atoms with Gasteiger partial charge in [0.05, 0.1) is 0 Å². The van der Waals surface area contributed by atoms with Crippen molar-refractivity contribution in [3.63, 3.8) is 0 Å². The Morgan fingerprint density at radius 2 is 1.30 bits per heavy atom. The summed E-state index contributed by atoms with van der Waals surface area (Å²) in [6.45, 7) is 4.68. The van der Waals surface area contributed by atoms with Crippen LogP contribution in [0.5, 0.6) is 0 Å². The maximum absolute atomic E-state index is 2.37. The zero-order valence-electron chi connectivity index (χ0n) is 14.7. The standard InChI is InChI=1S/C22H31P/c1-3-5-12-20(4-2)17-23(18-21-13-8-6-9-14-21)19-22-15-10-7-11-16-22/h6-11,13-16,20H,3-5,12,17-19H2,1-2H3. The van der Waals surface area contributed by atoms with E-state index in [1.807, 2.05) is 0 Å². The van der Waals surface area contributed by atoms with Crippen LogP contribution >= 0.6 is 7.92 Å². The number of benzene rings is 2. The molecule has 0 aliphatic heterocycles. The first kappa shape index (κ1) is 18.2. The zero-order valence-corrected chi connectivity index (χ0v) is 15.6. The fraction of sp³-hybridized carbons (Fsp3) is 0.455. The summed E-state index contributed by atoms with van der Waals surface area (Å²) in [5, 5.41) is 0. The zero-order chi connectivity index (χ0) is 16.3. The molecule has 1 atom stereocenters. The van der Waals surface area contributed by atoms with Gasteiger partial charge in [-0.1, -0.05) is 108 Å². The van der Waals surface area contributed by atoms with Gasteiger partial charge in [0.15, 0.2) is 0 Å². The van der Waals surface area contributed by atoms with Gasteiger partial charge in [0, 0.05) is 0 Å². The molecule has 0 N–H and O–H groups in total. The van der Waals surface area contributed by atoms with Gasteiger partial charge in [0.1, 0.15) is 0 Å². The second-order valence-corrected chi connectivity index (χ2v) is 8.90. The van der Waals surface area contributed by atoms with Crippen LogP contribution < -0.4 is 0 Å². The monoisotopic (exact) mass is 326 g/mol. The molecule has 0 radical (unpaired) electrons. The molecule has 2 aromatic carbocycles. The Labute approximate surface area is 144 Å². The maximum atomic E-state index is 2.37. The predicted molar refractivity (Wildman–Crippen MR) is 105 cm³/mol. The van der Waals surface area contributed by atoms with E-state index in [-0.39, 0.29) is 7.92 Å². The van der Waals surface area contributed by atoms with Crippen molar-refractivity contribution in [2.45, 2.75) is 51.9 Å². The lowest BCUT2D eigenvalue weighted by atomic mass is 10.0. The highest BCUT2D eigenvalue weighted by Gasteiger charge is 2.16. The molecule has 0 saturated heterocycles. The second-order valence-electron chi connectivity index (χ2n) is 6.56. The minimum Gasteiger partial charge on any atom is -0.0975 e. The van der Waals surface area contributed by atoms with E-state index in [1.165, 1.54) is 55.3 Å². The van der Waals surface area contributed by atoms with Gasteiger partial charge >= 0.3 is 0 Å². The van der Waals surface area contributed by atoms with E-state index in [2.05, 4.69) is 74.5 Å². The first-order chi connectivity index (χ1) is 11.3. The first-order valence-corrected chi connectivity index (χ1v) is 11.0. The Morgan fingerprint density at radius 1 is 0.783 bits per heavy atom. The van der Waals surface area contributed by atoms with Crippen molar-refractivity contribution in [3.05, 3.63) is 71.8 Å². The van der Waals surface area contributed by atoms with E-state index in [1.54, 1.807) is 0 Å². The number of hydrogen-bond acceptors (Lipinski definition) is 0. The SMILES string of the molecule is CCCCC(CC)CP(Cc1ccccc1)Cc1ccccc1. The van der Waals surface area contributed by atoms with E-state index in [9.17, 15) is 0 Å². The summed E-state index contributed by atoms with van der Waals surface area (Å²) >= 11 is 0.